The highest BCUT2D eigenvalue weighted by Gasteiger charge is 2.14. The molecular formula is C8H14N2. The second kappa shape index (κ2) is 2.45. The topological polar surface area (TPSA) is 15.6 Å². The zero-order valence-electron chi connectivity index (χ0n) is 7.05. The Labute approximate surface area is 62.3 Å². The van der Waals surface area contributed by atoms with Crippen molar-refractivity contribution in [3.05, 3.63) is 11.9 Å². The van der Waals surface area contributed by atoms with Crippen LogP contribution in [0, 0.1) is 0 Å². The van der Waals surface area contributed by atoms with Gasteiger partial charge in [-0.15, -0.1) is 0 Å². The van der Waals surface area contributed by atoms with Crippen LogP contribution in [0.5, 0.6) is 0 Å². The average molecular weight is 138 g/mol. The molecule has 1 rings (SSSR count). The van der Waals surface area contributed by atoms with Gasteiger partial charge in [-0.2, -0.15) is 0 Å². The summed E-state index contributed by atoms with van der Waals surface area (Å²) in [7, 11) is 2.09. The van der Waals surface area contributed by atoms with Crippen molar-refractivity contribution in [2.24, 2.45) is 4.99 Å². The van der Waals surface area contributed by atoms with Crippen LogP contribution < -0.4 is 0 Å². The van der Waals surface area contributed by atoms with Crippen molar-refractivity contribution >= 4 is 5.71 Å². The van der Waals surface area contributed by atoms with Crippen molar-refractivity contribution in [3.8, 4) is 0 Å². The Morgan fingerprint density at radius 3 is 2.60 bits per heavy atom. The van der Waals surface area contributed by atoms with E-state index in [9.17, 15) is 0 Å². The lowest BCUT2D eigenvalue weighted by Crippen LogP contribution is -2.35. The highest BCUT2D eigenvalue weighted by atomic mass is 15.2. The van der Waals surface area contributed by atoms with E-state index in [-0.39, 0.29) is 0 Å². The van der Waals surface area contributed by atoms with Crippen molar-refractivity contribution in [2.75, 3.05) is 7.05 Å². The van der Waals surface area contributed by atoms with E-state index in [4.69, 9.17) is 0 Å². The summed E-state index contributed by atoms with van der Waals surface area (Å²) in [6, 6.07) is 0.463. The van der Waals surface area contributed by atoms with Crippen LogP contribution in [0.25, 0.3) is 0 Å². The zero-order chi connectivity index (χ0) is 7.72. The van der Waals surface area contributed by atoms with Gasteiger partial charge < -0.3 is 4.90 Å². The molecule has 0 aromatic rings. The molecule has 2 heteroatoms. The molecule has 0 saturated carbocycles. The van der Waals surface area contributed by atoms with Crippen molar-refractivity contribution < 1.29 is 0 Å². The fourth-order valence-corrected chi connectivity index (χ4v) is 0.980. The molecule has 0 aromatic carbocycles. The van der Waals surface area contributed by atoms with Crippen molar-refractivity contribution in [2.45, 2.75) is 26.8 Å². The van der Waals surface area contributed by atoms with Crippen LogP contribution in [0.15, 0.2) is 16.9 Å². The molecule has 0 N–H and O–H groups in total. The van der Waals surface area contributed by atoms with Crippen molar-refractivity contribution in [1.82, 2.24) is 4.90 Å². The number of allylic oxidation sites excluding steroid dienone is 1. The maximum absolute atomic E-state index is 4.26. The Morgan fingerprint density at radius 1 is 1.50 bits per heavy atom. The van der Waals surface area contributed by atoms with E-state index in [1.165, 1.54) is 11.4 Å². The van der Waals surface area contributed by atoms with Gasteiger partial charge in [0.1, 0.15) is 0 Å². The number of hydrogen-bond acceptors (Lipinski definition) is 2. The molecule has 1 heterocycles. The van der Waals surface area contributed by atoms with Gasteiger partial charge in [0.25, 0.3) is 0 Å². The highest BCUT2D eigenvalue weighted by Crippen LogP contribution is 2.12. The Hall–Kier alpha value is -0.790. The van der Waals surface area contributed by atoms with E-state index in [1.807, 2.05) is 6.20 Å². The first kappa shape index (κ1) is 7.32. The number of hydrogen-bond donors (Lipinski definition) is 0. The molecule has 1 aliphatic rings. The third kappa shape index (κ3) is 1.06. The molecule has 1 aliphatic heterocycles. The summed E-state index contributed by atoms with van der Waals surface area (Å²) in [6.07, 6.45) is 1.91. The Bertz CT molecular complexity index is 169. The molecular weight excluding hydrogens is 124 g/mol. The minimum Gasteiger partial charge on any atom is -0.369 e. The Morgan fingerprint density at radius 2 is 2.10 bits per heavy atom. The van der Waals surface area contributed by atoms with Gasteiger partial charge in [-0.3, -0.25) is 4.99 Å². The molecule has 0 amide bonds. The largest absolute Gasteiger partial charge is 0.369 e. The lowest BCUT2D eigenvalue weighted by atomic mass is 10.1. The Balaban J connectivity index is 2.86. The molecule has 1 unspecified atom stereocenters. The summed E-state index contributed by atoms with van der Waals surface area (Å²) in [5.41, 5.74) is 2.42. The number of nitrogens with zero attached hydrogens (tertiary/aromatic N) is 2. The number of aliphatic imine (C=N–C) groups is 1. The minimum absolute atomic E-state index is 0.463. The third-order valence-electron chi connectivity index (χ3n) is 2.20. The van der Waals surface area contributed by atoms with Crippen LogP contribution in [0.4, 0.5) is 0 Å². The van der Waals surface area contributed by atoms with Crippen molar-refractivity contribution in [1.29, 1.82) is 0 Å². The summed E-state index contributed by atoms with van der Waals surface area (Å²) >= 11 is 0. The highest BCUT2D eigenvalue weighted by molar-refractivity contribution is 5.88. The van der Waals surface area contributed by atoms with E-state index in [1.54, 1.807) is 0 Å². The summed E-state index contributed by atoms with van der Waals surface area (Å²) in [6.45, 7) is 6.30. The normalized spacial score (nSPS) is 26.0. The first-order valence-electron chi connectivity index (χ1n) is 3.57. The zero-order valence-corrected chi connectivity index (χ0v) is 7.05. The molecule has 2 nitrogen and oxygen atoms in total. The van der Waals surface area contributed by atoms with Crippen LogP contribution in [0.2, 0.25) is 0 Å². The van der Waals surface area contributed by atoms with Gasteiger partial charge in [0.15, 0.2) is 0 Å². The van der Waals surface area contributed by atoms with Crippen LogP contribution in [-0.2, 0) is 0 Å². The molecule has 0 bridgehead atoms. The van der Waals surface area contributed by atoms with Gasteiger partial charge in [-0.25, -0.2) is 0 Å². The van der Waals surface area contributed by atoms with E-state index in [2.05, 4.69) is 37.7 Å². The fourth-order valence-electron chi connectivity index (χ4n) is 0.980. The molecule has 56 valence electrons. The van der Waals surface area contributed by atoms with E-state index >= 15 is 0 Å². The lowest BCUT2D eigenvalue weighted by Gasteiger charge is -2.29. The molecule has 0 fully saturated rings. The van der Waals surface area contributed by atoms with Crippen LogP contribution in [-0.4, -0.2) is 23.7 Å². The molecule has 0 aromatic heterocycles. The van der Waals surface area contributed by atoms with Crippen LogP contribution in [0.3, 0.4) is 0 Å². The van der Waals surface area contributed by atoms with Gasteiger partial charge in [-0.1, -0.05) is 0 Å². The predicted octanol–water partition coefficient (Wildman–Crippen LogP) is 1.64. The summed E-state index contributed by atoms with van der Waals surface area (Å²) in [5.74, 6) is 0. The SMILES string of the molecule is CC1=CN=C(C)C(C)N1C. The van der Waals surface area contributed by atoms with Gasteiger partial charge >= 0.3 is 0 Å². The first-order chi connectivity index (χ1) is 4.63. The lowest BCUT2D eigenvalue weighted by molar-refractivity contribution is 0.383. The Kier molecular flexibility index (Phi) is 1.79. The second-order valence-electron chi connectivity index (χ2n) is 2.83. The van der Waals surface area contributed by atoms with Gasteiger partial charge in [0.05, 0.1) is 6.04 Å². The fraction of sp³-hybridized carbons (Fsp3) is 0.625. The molecule has 0 radical (unpaired) electrons. The molecule has 1 atom stereocenters. The second-order valence-corrected chi connectivity index (χ2v) is 2.83. The maximum Gasteiger partial charge on any atom is 0.0637 e. The first-order valence-corrected chi connectivity index (χ1v) is 3.57. The minimum atomic E-state index is 0.463. The van der Waals surface area contributed by atoms with Gasteiger partial charge in [0, 0.05) is 24.7 Å². The maximum atomic E-state index is 4.26. The standard InChI is InChI=1S/C8H14N2/c1-6-5-9-7(2)8(3)10(6)4/h5,8H,1-4H3. The van der Waals surface area contributed by atoms with E-state index in [0.29, 0.717) is 6.04 Å². The average Bonchev–Trinajstić information content (AvgIpc) is 1.93. The monoisotopic (exact) mass is 138 g/mol. The predicted molar refractivity (Wildman–Crippen MR) is 44.1 cm³/mol. The van der Waals surface area contributed by atoms with Crippen molar-refractivity contribution in [3.63, 3.8) is 0 Å². The van der Waals surface area contributed by atoms with Crippen LogP contribution in [0.1, 0.15) is 20.8 Å². The quantitative estimate of drug-likeness (QED) is 0.497. The summed E-state index contributed by atoms with van der Waals surface area (Å²) in [5, 5.41) is 0. The summed E-state index contributed by atoms with van der Waals surface area (Å²) < 4.78 is 0. The molecule has 0 saturated heterocycles. The van der Waals surface area contributed by atoms with Gasteiger partial charge in [-0.05, 0) is 20.8 Å². The van der Waals surface area contributed by atoms with Gasteiger partial charge in [0.2, 0.25) is 0 Å². The van der Waals surface area contributed by atoms with E-state index in [0.717, 1.165) is 0 Å². The number of rotatable bonds is 0. The summed E-state index contributed by atoms with van der Waals surface area (Å²) in [4.78, 5) is 6.48. The third-order valence-corrected chi connectivity index (χ3v) is 2.20. The van der Waals surface area contributed by atoms with E-state index < -0.39 is 0 Å². The molecule has 0 spiro atoms. The van der Waals surface area contributed by atoms with Crippen LogP contribution >= 0.6 is 0 Å². The molecule has 10 heavy (non-hydrogen) atoms. The molecule has 0 aliphatic carbocycles. The smallest absolute Gasteiger partial charge is 0.0637 e.